The van der Waals surface area contributed by atoms with Gasteiger partial charge in [0.25, 0.3) is 0 Å². The molecule has 4 heteroatoms. The molecule has 0 radical (unpaired) electrons. The summed E-state index contributed by atoms with van der Waals surface area (Å²) < 4.78 is 7.16. The van der Waals surface area contributed by atoms with Crippen LogP contribution in [0.2, 0.25) is 0 Å². The number of hydrogen-bond donors (Lipinski definition) is 1. The van der Waals surface area contributed by atoms with E-state index < -0.39 is 0 Å². The van der Waals surface area contributed by atoms with Crippen LogP contribution in [-0.2, 0) is 0 Å². The number of hydrogen-bond acceptors (Lipinski definition) is 3. The molecule has 0 bridgehead atoms. The van der Waals surface area contributed by atoms with Gasteiger partial charge in [0.2, 0.25) is 0 Å². The Balaban J connectivity index is 1.80. The van der Waals surface area contributed by atoms with Crippen LogP contribution in [0.25, 0.3) is 5.69 Å². The summed E-state index contributed by atoms with van der Waals surface area (Å²) in [6.45, 7) is 0. The zero-order valence-electron chi connectivity index (χ0n) is 12.2. The molecule has 0 saturated heterocycles. The van der Waals surface area contributed by atoms with Gasteiger partial charge in [0, 0.05) is 29.9 Å². The van der Waals surface area contributed by atoms with Crippen molar-refractivity contribution < 1.29 is 9.84 Å². The Morgan fingerprint density at radius 1 is 1.05 bits per heavy atom. The highest BCUT2D eigenvalue weighted by Crippen LogP contribution is 2.24. The topological polar surface area (TPSA) is 46.8 Å². The number of phenols is 1. The number of aromatic hydroxyl groups is 1. The summed E-state index contributed by atoms with van der Waals surface area (Å²) in [6.07, 6.45) is 5.67. The Morgan fingerprint density at radius 3 is 2.55 bits per heavy atom. The van der Waals surface area contributed by atoms with E-state index in [0.717, 1.165) is 17.0 Å². The van der Waals surface area contributed by atoms with Crippen LogP contribution in [0.5, 0.6) is 11.5 Å². The van der Waals surface area contributed by atoms with E-state index in [9.17, 15) is 5.11 Å². The standard InChI is InChI=1S/C18H16N2O2/c1-22-16-8-6-15(7-9-16)20-11-10-14(13-20)12-19-17-4-2-3-5-18(17)21/h2-13,21H,1H3. The van der Waals surface area contributed by atoms with Crippen molar-refractivity contribution in [3.05, 3.63) is 72.6 Å². The number of aliphatic imine (C=N–C) groups is 1. The molecule has 1 aromatic heterocycles. The Bertz CT molecular complexity index is 789. The number of methoxy groups -OCH3 is 1. The molecule has 0 unspecified atom stereocenters. The van der Waals surface area contributed by atoms with Gasteiger partial charge in [0.05, 0.1) is 7.11 Å². The van der Waals surface area contributed by atoms with E-state index in [1.54, 1.807) is 31.5 Å². The van der Waals surface area contributed by atoms with Crippen molar-refractivity contribution in [2.45, 2.75) is 0 Å². The molecule has 22 heavy (non-hydrogen) atoms. The first-order valence-electron chi connectivity index (χ1n) is 6.91. The van der Waals surface area contributed by atoms with Gasteiger partial charge in [0.15, 0.2) is 0 Å². The third-order valence-corrected chi connectivity index (χ3v) is 3.32. The van der Waals surface area contributed by atoms with Gasteiger partial charge < -0.3 is 14.4 Å². The summed E-state index contributed by atoms with van der Waals surface area (Å²) >= 11 is 0. The normalized spacial score (nSPS) is 11.0. The fraction of sp³-hybridized carbons (Fsp3) is 0.0556. The number of para-hydroxylation sites is 2. The fourth-order valence-electron chi connectivity index (χ4n) is 2.12. The van der Waals surface area contributed by atoms with Crippen LogP contribution in [0.4, 0.5) is 5.69 Å². The zero-order chi connectivity index (χ0) is 15.4. The summed E-state index contributed by atoms with van der Waals surface area (Å²) in [5.74, 6) is 1.01. The quantitative estimate of drug-likeness (QED) is 0.740. The van der Waals surface area contributed by atoms with Gasteiger partial charge in [-0.1, -0.05) is 12.1 Å². The average molecular weight is 292 g/mol. The maximum absolute atomic E-state index is 9.69. The molecule has 0 aliphatic carbocycles. The molecule has 0 aliphatic rings. The molecular formula is C18H16N2O2. The lowest BCUT2D eigenvalue weighted by atomic mass is 10.3. The van der Waals surface area contributed by atoms with Crippen LogP contribution in [-0.4, -0.2) is 23.0 Å². The minimum atomic E-state index is 0.174. The highest BCUT2D eigenvalue weighted by molar-refractivity contribution is 5.82. The van der Waals surface area contributed by atoms with Gasteiger partial charge in [0.1, 0.15) is 17.2 Å². The molecule has 110 valence electrons. The molecule has 2 aromatic carbocycles. The average Bonchev–Trinajstić information content (AvgIpc) is 3.03. The minimum absolute atomic E-state index is 0.174. The molecule has 3 rings (SSSR count). The molecular weight excluding hydrogens is 276 g/mol. The maximum atomic E-state index is 9.69. The van der Waals surface area contributed by atoms with E-state index in [2.05, 4.69) is 4.99 Å². The first-order valence-corrected chi connectivity index (χ1v) is 6.91. The van der Waals surface area contributed by atoms with Gasteiger partial charge in [-0.15, -0.1) is 0 Å². The SMILES string of the molecule is COc1ccc(-n2ccc(C=Nc3ccccc3O)c2)cc1. The molecule has 1 N–H and O–H groups in total. The number of phenolic OH excluding ortho intramolecular Hbond substituents is 1. The van der Waals surface area contributed by atoms with Crippen LogP contribution < -0.4 is 4.74 Å². The van der Waals surface area contributed by atoms with Gasteiger partial charge in [-0.3, -0.25) is 4.99 Å². The molecule has 0 fully saturated rings. The number of ether oxygens (including phenoxy) is 1. The van der Waals surface area contributed by atoms with Crippen LogP contribution >= 0.6 is 0 Å². The second kappa shape index (κ2) is 6.18. The Hall–Kier alpha value is -3.01. The monoisotopic (exact) mass is 292 g/mol. The number of rotatable bonds is 4. The number of nitrogens with zero attached hydrogens (tertiary/aromatic N) is 2. The van der Waals surface area contributed by atoms with Crippen molar-refractivity contribution in [1.29, 1.82) is 0 Å². The fourth-order valence-corrected chi connectivity index (χ4v) is 2.12. The molecule has 0 saturated carbocycles. The molecule has 0 aliphatic heterocycles. The smallest absolute Gasteiger partial charge is 0.141 e. The van der Waals surface area contributed by atoms with Gasteiger partial charge in [-0.2, -0.15) is 0 Å². The van der Waals surface area contributed by atoms with Crippen molar-refractivity contribution in [3.8, 4) is 17.2 Å². The minimum Gasteiger partial charge on any atom is -0.506 e. The van der Waals surface area contributed by atoms with E-state index in [1.807, 2.05) is 53.4 Å². The van der Waals surface area contributed by atoms with Crippen molar-refractivity contribution >= 4 is 11.9 Å². The zero-order valence-corrected chi connectivity index (χ0v) is 12.2. The number of aromatic nitrogens is 1. The third-order valence-electron chi connectivity index (χ3n) is 3.32. The largest absolute Gasteiger partial charge is 0.506 e. The first-order chi connectivity index (χ1) is 10.8. The Morgan fingerprint density at radius 2 is 1.82 bits per heavy atom. The first kappa shape index (κ1) is 13.9. The van der Waals surface area contributed by atoms with E-state index in [4.69, 9.17) is 4.74 Å². The summed E-state index contributed by atoms with van der Waals surface area (Å²) in [7, 11) is 1.65. The van der Waals surface area contributed by atoms with E-state index >= 15 is 0 Å². The number of benzene rings is 2. The summed E-state index contributed by atoms with van der Waals surface area (Å²) in [6, 6.07) is 16.8. The summed E-state index contributed by atoms with van der Waals surface area (Å²) in [4.78, 5) is 4.30. The van der Waals surface area contributed by atoms with Crippen molar-refractivity contribution in [3.63, 3.8) is 0 Å². The molecule has 3 aromatic rings. The summed E-state index contributed by atoms with van der Waals surface area (Å²) in [5.41, 5.74) is 2.56. The predicted molar refractivity (Wildman–Crippen MR) is 87.7 cm³/mol. The van der Waals surface area contributed by atoms with Crippen LogP contribution in [0.3, 0.4) is 0 Å². The lowest BCUT2D eigenvalue weighted by Gasteiger charge is -2.04. The van der Waals surface area contributed by atoms with E-state index in [0.29, 0.717) is 5.69 Å². The maximum Gasteiger partial charge on any atom is 0.141 e. The lowest BCUT2D eigenvalue weighted by Crippen LogP contribution is -1.90. The Kier molecular flexibility index (Phi) is 3.92. The van der Waals surface area contributed by atoms with Crippen LogP contribution in [0.15, 0.2) is 72.0 Å². The van der Waals surface area contributed by atoms with Crippen LogP contribution in [0, 0.1) is 0 Å². The molecule has 0 atom stereocenters. The van der Waals surface area contributed by atoms with E-state index in [-0.39, 0.29) is 5.75 Å². The second-order valence-corrected chi connectivity index (χ2v) is 4.80. The van der Waals surface area contributed by atoms with Gasteiger partial charge in [-0.05, 0) is 42.5 Å². The molecule has 0 amide bonds. The van der Waals surface area contributed by atoms with Crippen molar-refractivity contribution in [1.82, 2.24) is 4.57 Å². The predicted octanol–water partition coefficient (Wildman–Crippen LogP) is 3.94. The van der Waals surface area contributed by atoms with Gasteiger partial charge >= 0.3 is 0 Å². The summed E-state index contributed by atoms with van der Waals surface area (Å²) in [5, 5.41) is 9.69. The van der Waals surface area contributed by atoms with E-state index in [1.165, 1.54) is 0 Å². The second-order valence-electron chi connectivity index (χ2n) is 4.80. The lowest BCUT2D eigenvalue weighted by molar-refractivity contribution is 0.415. The van der Waals surface area contributed by atoms with Gasteiger partial charge in [-0.25, -0.2) is 0 Å². The Labute approximate surface area is 128 Å². The highest BCUT2D eigenvalue weighted by Gasteiger charge is 2.00. The molecule has 1 heterocycles. The molecule has 0 spiro atoms. The molecule has 4 nitrogen and oxygen atoms in total. The highest BCUT2D eigenvalue weighted by atomic mass is 16.5. The van der Waals surface area contributed by atoms with Crippen molar-refractivity contribution in [2.24, 2.45) is 4.99 Å². The van der Waals surface area contributed by atoms with Crippen molar-refractivity contribution in [2.75, 3.05) is 7.11 Å². The third kappa shape index (κ3) is 3.01. The van der Waals surface area contributed by atoms with Crippen LogP contribution in [0.1, 0.15) is 5.56 Å².